The molecule has 0 bridgehead atoms. The Morgan fingerprint density at radius 2 is 2.17 bits per heavy atom. The van der Waals surface area contributed by atoms with Gasteiger partial charge in [-0.2, -0.15) is 0 Å². The normalized spacial score (nSPS) is 20.8. The van der Waals surface area contributed by atoms with Crippen molar-refractivity contribution in [2.24, 2.45) is 5.41 Å². The maximum absolute atomic E-state index is 12.3. The summed E-state index contributed by atoms with van der Waals surface area (Å²) in [5.74, 6) is 0.648. The molecule has 0 aromatic carbocycles. The number of amides is 1. The monoisotopic (exact) mass is 246 g/mol. The van der Waals surface area contributed by atoms with Crippen molar-refractivity contribution in [1.29, 1.82) is 0 Å². The Bertz CT molecular complexity index is 408. The van der Waals surface area contributed by atoms with Crippen molar-refractivity contribution >= 4 is 5.91 Å². The molecule has 3 heteroatoms. The number of likely N-dealkylation sites (tertiary alicyclic amines) is 1. The van der Waals surface area contributed by atoms with Crippen LogP contribution in [-0.4, -0.2) is 28.9 Å². The number of rotatable bonds is 1. The summed E-state index contributed by atoms with van der Waals surface area (Å²) < 4.78 is 0. The van der Waals surface area contributed by atoms with Crippen LogP contribution in [0.3, 0.4) is 0 Å². The fourth-order valence-electron chi connectivity index (χ4n) is 2.49. The Morgan fingerprint density at radius 1 is 1.39 bits per heavy atom. The van der Waals surface area contributed by atoms with Crippen molar-refractivity contribution in [3.8, 4) is 0 Å². The van der Waals surface area contributed by atoms with Crippen LogP contribution in [0, 0.1) is 5.41 Å². The van der Waals surface area contributed by atoms with E-state index in [4.69, 9.17) is 0 Å². The predicted octanol–water partition coefficient (Wildman–Crippen LogP) is 2.83. The van der Waals surface area contributed by atoms with Crippen LogP contribution in [0.2, 0.25) is 0 Å². The van der Waals surface area contributed by atoms with E-state index < -0.39 is 0 Å². The van der Waals surface area contributed by atoms with Gasteiger partial charge < -0.3 is 4.90 Å². The molecule has 0 spiro atoms. The second-order valence-electron chi connectivity index (χ2n) is 6.09. The average molecular weight is 246 g/mol. The lowest BCUT2D eigenvalue weighted by Crippen LogP contribution is -2.44. The molecule has 2 rings (SSSR count). The summed E-state index contributed by atoms with van der Waals surface area (Å²) in [6.45, 7) is 7.66. The maximum Gasteiger partial charge on any atom is 0.227 e. The third-order valence-corrected chi connectivity index (χ3v) is 3.46. The van der Waals surface area contributed by atoms with Crippen molar-refractivity contribution in [3.63, 3.8) is 0 Å². The van der Waals surface area contributed by atoms with E-state index in [0.29, 0.717) is 5.92 Å². The van der Waals surface area contributed by atoms with Crippen LogP contribution in [0.25, 0.3) is 0 Å². The van der Waals surface area contributed by atoms with Crippen LogP contribution >= 0.6 is 0 Å². The van der Waals surface area contributed by atoms with E-state index >= 15 is 0 Å². The first kappa shape index (κ1) is 13.1. The molecule has 1 fully saturated rings. The Hall–Kier alpha value is -1.38. The number of carbonyl (C=O) groups excluding carboxylic acids is 1. The molecule has 2 heterocycles. The number of nitrogens with zero attached hydrogens (tertiary/aromatic N) is 2. The fraction of sp³-hybridized carbons (Fsp3) is 0.600. The highest BCUT2D eigenvalue weighted by Crippen LogP contribution is 2.28. The molecule has 1 atom stereocenters. The first-order valence-corrected chi connectivity index (χ1v) is 6.69. The van der Waals surface area contributed by atoms with Crippen LogP contribution in [0.1, 0.15) is 45.2 Å². The SMILES string of the molecule is CC(C)(C)C(=O)N1CCCC(c2ccccn2)C1. The molecule has 0 saturated carbocycles. The van der Waals surface area contributed by atoms with Gasteiger partial charge in [0.25, 0.3) is 0 Å². The topological polar surface area (TPSA) is 33.2 Å². The predicted molar refractivity (Wildman–Crippen MR) is 72.2 cm³/mol. The van der Waals surface area contributed by atoms with Crippen LogP contribution in [0.15, 0.2) is 24.4 Å². The van der Waals surface area contributed by atoms with Gasteiger partial charge in [0.15, 0.2) is 0 Å². The smallest absolute Gasteiger partial charge is 0.227 e. The van der Waals surface area contributed by atoms with Gasteiger partial charge in [-0.15, -0.1) is 0 Å². The summed E-state index contributed by atoms with van der Waals surface area (Å²) in [6, 6.07) is 6.02. The number of aromatic nitrogens is 1. The average Bonchev–Trinajstić information content (AvgIpc) is 2.38. The van der Waals surface area contributed by atoms with Gasteiger partial charge >= 0.3 is 0 Å². The minimum Gasteiger partial charge on any atom is -0.342 e. The second-order valence-corrected chi connectivity index (χ2v) is 6.09. The van der Waals surface area contributed by atoms with Gasteiger partial charge in [-0.25, -0.2) is 0 Å². The molecule has 98 valence electrons. The molecule has 1 amide bonds. The van der Waals surface area contributed by atoms with Crippen molar-refractivity contribution in [2.45, 2.75) is 39.5 Å². The highest BCUT2D eigenvalue weighted by Gasteiger charge is 2.31. The number of carbonyl (C=O) groups is 1. The van der Waals surface area contributed by atoms with Crippen LogP contribution in [0.5, 0.6) is 0 Å². The fourth-order valence-corrected chi connectivity index (χ4v) is 2.49. The van der Waals surface area contributed by atoms with E-state index in [-0.39, 0.29) is 11.3 Å². The van der Waals surface area contributed by atoms with Crippen molar-refractivity contribution in [1.82, 2.24) is 9.88 Å². The van der Waals surface area contributed by atoms with Gasteiger partial charge in [0.2, 0.25) is 5.91 Å². The molecule has 1 aliphatic heterocycles. The minimum atomic E-state index is -0.286. The third-order valence-electron chi connectivity index (χ3n) is 3.46. The third kappa shape index (κ3) is 2.89. The molecule has 1 unspecified atom stereocenters. The van der Waals surface area contributed by atoms with E-state index in [1.54, 1.807) is 0 Å². The largest absolute Gasteiger partial charge is 0.342 e. The van der Waals surface area contributed by atoms with Crippen molar-refractivity contribution in [2.75, 3.05) is 13.1 Å². The maximum atomic E-state index is 12.3. The van der Waals surface area contributed by atoms with Crippen LogP contribution in [-0.2, 0) is 4.79 Å². The molecule has 1 saturated heterocycles. The lowest BCUT2D eigenvalue weighted by Gasteiger charge is -2.36. The van der Waals surface area contributed by atoms with Gasteiger partial charge in [-0.1, -0.05) is 26.8 Å². The van der Waals surface area contributed by atoms with Gasteiger partial charge in [0, 0.05) is 36.3 Å². The number of pyridine rings is 1. The highest BCUT2D eigenvalue weighted by molar-refractivity contribution is 5.81. The van der Waals surface area contributed by atoms with Gasteiger partial charge in [-0.05, 0) is 25.0 Å². The standard InChI is InChI=1S/C15H22N2O/c1-15(2,3)14(18)17-10-6-7-12(11-17)13-8-4-5-9-16-13/h4-5,8-9,12H,6-7,10-11H2,1-3H3. The lowest BCUT2D eigenvalue weighted by molar-refractivity contribution is -0.140. The molecular formula is C15H22N2O. The summed E-state index contributed by atoms with van der Waals surface area (Å²) in [6.07, 6.45) is 4.04. The number of hydrogen-bond donors (Lipinski definition) is 0. The first-order chi connectivity index (χ1) is 8.48. The first-order valence-electron chi connectivity index (χ1n) is 6.69. The molecule has 0 aliphatic carbocycles. The van der Waals surface area contributed by atoms with Crippen LogP contribution < -0.4 is 0 Å². The van der Waals surface area contributed by atoms with Gasteiger partial charge in [-0.3, -0.25) is 9.78 Å². The Morgan fingerprint density at radius 3 is 2.78 bits per heavy atom. The molecule has 0 radical (unpaired) electrons. The summed E-state index contributed by atoms with van der Waals surface area (Å²) in [7, 11) is 0. The Balaban J connectivity index is 2.08. The molecule has 1 aromatic heterocycles. The van der Waals surface area contributed by atoms with Crippen molar-refractivity contribution in [3.05, 3.63) is 30.1 Å². The van der Waals surface area contributed by atoms with Gasteiger partial charge in [0.1, 0.15) is 0 Å². The highest BCUT2D eigenvalue weighted by atomic mass is 16.2. The summed E-state index contributed by atoms with van der Waals surface area (Å²) in [5, 5.41) is 0. The Kier molecular flexibility index (Phi) is 3.69. The lowest BCUT2D eigenvalue weighted by atomic mass is 9.90. The molecule has 3 nitrogen and oxygen atoms in total. The van der Waals surface area contributed by atoms with E-state index in [2.05, 4.69) is 11.1 Å². The summed E-state index contributed by atoms with van der Waals surface area (Å²) >= 11 is 0. The molecule has 1 aromatic rings. The van der Waals surface area contributed by atoms with Crippen molar-refractivity contribution < 1.29 is 4.79 Å². The van der Waals surface area contributed by atoms with Crippen LogP contribution in [0.4, 0.5) is 0 Å². The second kappa shape index (κ2) is 5.09. The number of piperidine rings is 1. The zero-order chi connectivity index (χ0) is 13.2. The van der Waals surface area contributed by atoms with E-state index in [0.717, 1.165) is 31.6 Å². The molecular weight excluding hydrogens is 224 g/mol. The summed E-state index contributed by atoms with van der Waals surface area (Å²) in [5.41, 5.74) is 0.829. The molecule has 1 aliphatic rings. The Labute approximate surface area is 109 Å². The number of hydrogen-bond acceptors (Lipinski definition) is 2. The van der Waals surface area contributed by atoms with Gasteiger partial charge in [0.05, 0.1) is 0 Å². The van der Waals surface area contributed by atoms with E-state index in [9.17, 15) is 4.79 Å². The molecule has 0 N–H and O–H groups in total. The van der Waals surface area contributed by atoms with E-state index in [1.807, 2.05) is 44.0 Å². The summed E-state index contributed by atoms with van der Waals surface area (Å²) in [4.78, 5) is 18.7. The zero-order valence-electron chi connectivity index (χ0n) is 11.5. The zero-order valence-corrected chi connectivity index (χ0v) is 11.5. The van der Waals surface area contributed by atoms with E-state index in [1.165, 1.54) is 0 Å². The molecule has 18 heavy (non-hydrogen) atoms. The quantitative estimate of drug-likeness (QED) is 0.763. The minimum absolute atomic E-state index is 0.253.